The molecule has 0 unspecified atom stereocenters. The van der Waals surface area contributed by atoms with Crippen LogP contribution >= 0.6 is 11.6 Å². The number of nitrogens with zero attached hydrogens (tertiary/aromatic N) is 1. The highest BCUT2D eigenvalue weighted by Gasteiger charge is 2.35. The molecule has 1 amide bonds. The molecule has 0 aromatic carbocycles. The molecule has 102 valence electrons. The molecular formula is C14H18ClN3O. The van der Waals surface area contributed by atoms with Crippen molar-refractivity contribution in [2.24, 2.45) is 17.8 Å². The number of hydrogen-bond acceptors (Lipinski definition) is 2. The molecule has 0 spiro atoms. The fraction of sp³-hybridized carbons (Fsp3) is 0.571. The number of aromatic amines is 1. The van der Waals surface area contributed by atoms with E-state index in [4.69, 9.17) is 11.6 Å². The van der Waals surface area contributed by atoms with Crippen LogP contribution in [0.2, 0.25) is 5.02 Å². The first-order valence-electron chi connectivity index (χ1n) is 6.82. The summed E-state index contributed by atoms with van der Waals surface area (Å²) >= 11 is 6.00. The number of nitrogens with one attached hydrogen (secondary N) is 2. The van der Waals surface area contributed by atoms with Gasteiger partial charge in [-0.05, 0) is 43.9 Å². The number of allylic oxidation sites excluding steroid dienone is 2. The van der Waals surface area contributed by atoms with Crippen molar-refractivity contribution >= 4 is 17.5 Å². The van der Waals surface area contributed by atoms with Gasteiger partial charge in [0.25, 0.3) is 5.91 Å². The third-order valence-electron chi connectivity index (χ3n) is 4.30. The average molecular weight is 280 g/mol. The Balaban J connectivity index is 1.49. The van der Waals surface area contributed by atoms with Crippen LogP contribution in [0.5, 0.6) is 0 Å². The molecule has 0 saturated heterocycles. The molecule has 5 heteroatoms. The summed E-state index contributed by atoms with van der Waals surface area (Å²) in [6, 6.07) is 0. The quantitative estimate of drug-likeness (QED) is 0.833. The van der Waals surface area contributed by atoms with Gasteiger partial charge in [0.1, 0.15) is 0 Å². The Morgan fingerprint density at radius 1 is 1.53 bits per heavy atom. The monoisotopic (exact) mass is 279 g/mol. The van der Waals surface area contributed by atoms with Crippen molar-refractivity contribution in [1.82, 2.24) is 15.5 Å². The van der Waals surface area contributed by atoms with Gasteiger partial charge in [0, 0.05) is 6.54 Å². The van der Waals surface area contributed by atoms with Crippen molar-refractivity contribution in [2.45, 2.75) is 26.2 Å². The summed E-state index contributed by atoms with van der Waals surface area (Å²) in [5.41, 5.74) is 1.03. The number of carbonyl (C=O) groups excluding carboxylic acids is 1. The predicted molar refractivity (Wildman–Crippen MR) is 74.1 cm³/mol. The molecule has 3 rings (SSSR count). The maximum absolute atomic E-state index is 11.9. The first-order chi connectivity index (χ1) is 9.15. The minimum absolute atomic E-state index is 0.187. The Bertz CT molecular complexity index is 523. The molecule has 1 fully saturated rings. The van der Waals surface area contributed by atoms with Gasteiger partial charge in [0.15, 0.2) is 5.69 Å². The van der Waals surface area contributed by atoms with Gasteiger partial charge >= 0.3 is 0 Å². The topological polar surface area (TPSA) is 57.8 Å². The van der Waals surface area contributed by atoms with E-state index in [1.54, 1.807) is 6.92 Å². The second kappa shape index (κ2) is 5.00. The van der Waals surface area contributed by atoms with E-state index < -0.39 is 0 Å². The van der Waals surface area contributed by atoms with E-state index in [2.05, 4.69) is 27.7 Å². The van der Waals surface area contributed by atoms with Crippen LogP contribution in [0.15, 0.2) is 12.2 Å². The molecular weight excluding hydrogens is 262 g/mol. The van der Waals surface area contributed by atoms with Gasteiger partial charge < -0.3 is 5.32 Å². The Morgan fingerprint density at radius 3 is 2.95 bits per heavy atom. The fourth-order valence-corrected chi connectivity index (χ4v) is 3.42. The minimum Gasteiger partial charge on any atom is -0.351 e. The van der Waals surface area contributed by atoms with Crippen molar-refractivity contribution in [3.05, 3.63) is 28.6 Å². The predicted octanol–water partition coefficient (Wildman–Crippen LogP) is 2.70. The maximum Gasteiger partial charge on any atom is 0.273 e. The molecule has 2 aliphatic rings. The molecule has 2 aliphatic carbocycles. The van der Waals surface area contributed by atoms with Crippen LogP contribution in [0.3, 0.4) is 0 Å². The molecule has 2 bridgehead atoms. The number of carbonyl (C=O) groups is 1. The molecule has 1 saturated carbocycles. The first-order valence-corrected chi connectivity index (χ1v) is 7.20. The van der Waals surface area contributed by atoms with Gasteiger partial charge in [-0.3, -0.25) is 9.89 Å². The van der Waals surface area contributed by atoms with Crippen molar-refractivity contribution in [2.75, 3.05) is 6.54 Å². The lowest BCUT2D eigenvalue weighted by molar-refractivity contribution is 0.0946. The third kappa shape index (κ3) is 2.41. The number of halogens is 1. The van der Waals surface area contributed by atoms with Crippen LogP contribution in [0.25, 0.3) is 0 Å². The lowest BCUT2D eigenvalue weighted by Gasteiger charge is -2.17. The Labute approximate surface area is 117 Å². The Kier molecular flexibility index (Phi) is 3.35. The fourth-order valence-electron chi connectivity index (χ4n) is 3.25. The SMILES string of the molecule is Cc1[nH]nc(C(=O)NCC[C@@H]2C[C@@H]3C=C[C@H]2C3)c1Cl. The van der Waals surface area contributed by atoms with E-state index in [-0.39, 0.29) is 5.91 Å². The van der Waals surface area contributed by atoms with Crippen molar-refractivity contribution in [1.29, 1.82) is 0 Å². The van der Waals surface area contributed by atoms with Crippen LogP contribution in [-0.2, 0) is 0 Å². The summed E-state index contributed by atoms with van der Waals surface area (Å²) < 4.78 is 0. The Hall–Kier alpha value is -1.29. The maximum atomic E-state index is 11.9. The van der Waals surface area contributed by atoms with Gasteiger partial charge in [-0.15, -0.1) is 0 Å². The van der Waals surface area contributed by atoms with Crippen LogP contribution in [0, 0.1) is 24.7 Å². The van der Waals surface area contributed by atoms with Crippen LogP contribution in [0.4, 0.5) is 0 Å². The summed E-state index contributed by atoms with van der Waals surface area (Å²) in [4.78, 5) is 11.9. The standard InChI is InChI=1S/C14H18ClN3O/c1-8-12(15)13(18-17-8)14(19)16-5-4-11-7-9-2-3-10(11)6-9/h2-3,9-11H,4-7H2,1H3,(H,16,19)(H,17,18)/t9-,10+,11-/m1/s1. The number of aromatic nitrogens is 2. The normalized spacial score (nSPS) is 28.0. The summed E-state index contributed by atoms with van der Waals surface area (Å²) in [6.45, 7) is 2.50. The largest absolute Gasteiger partial charge is 0.351 e. The molecule has 19 heavy (non-hydrogen) atoms. The van der Waals surface area contributed by atoms with E-state index in [1.165, 1.54) is 12.8 Å². The molecule has 1 heterocycles. The number of hydrogen-bond donors (Lipinski definition) is 2. The molecule has 1 aromatic heterocycles. The molecule has 3 atom stereocenters. The van der Waals surface area contributed by atoms with Gasteiger partial charge in [-0.2, -0.15) is 5.10 Å². The molecule has 1 aromatic rings. The highest BCUT2D eigenvalue weighted by atomic mass is 35.5. The van der Waals surface area contributed by atoms with Crippen molar-refractivity contribution < 1.29 is 4.79 Å². The number of fused-ring (bicyclic) bond motifs is 2. The van der Waals surface area contributed by atoms with Gasteiger partial charge in [0.05, 0.1) is 10.7 Å². The summed E-state index contributed by atoms with van der Waals surface area (Å²) in [6.07, 6.45) is 8.31. The highest BCUT2D eigenvalue weighted by Crippen LogP contribution is 2.44. The highest BCUT2D eigenvalue weighted by molar-refractivity contribution is 6.34. The smallest absolute Gasteiger partial charge is 0.273 e. The summed E-state index contributed by atoms with van der Waals surface area (Å²) in [7, 11) is 0. The van der Waals surface area contributed by atoms with Crippen LogP contribution in [0.1, 0.15) is 35.4 Å². The average Bonchev–Trinajstić information content (AvgIpc) is 3.07. The van der Waals surface area contributed by atoms with E-state index in [9.17, 15) is 4.79 Å². The van der Waals surface area contributed by atoms with E-state index in [0.29, 0.717) is 17.3 Å². The zero-order valence-corrected chi connectivity index (χ0v) is 11.7. The number of amides is 1. The molecule has 0 radical (unpaired) electrons. The zero-order chi connectivity index (χ0) is 13.4. The lowest BCUT2D eigenvalue weighted by atomic mass is 9.91. The van der Waals surface area contributed by atoms with Crippen molar-refractivity contribution in [3.63, 3.8) is 0 Å². The number of aryl methyl sites for hydroxylation is 1. The minimum atomic E-state index is -0.187. The molecule has 2 N–H and O–H groups in total. The summed E-state index contributed by atoms with van der Waals surface area (Å²) in [5, 5.41) is 9.97. The first kappa shape index (κ1) is 12.7. The zero-order valence-electron chi connectivity index (χ0n) is 10.9. The van der Waals surface area contributed by atoms with E-state index in [0.717, 1.165) is 29.9 Å². The second-order valence-electron chi connectivity index (χ2n) is 5.60. The van der Waals surface area contributed by atoms with Gasteiger partial charge in [-0.25, -0.2) is 0 Å². The second-order valence-corrected chi connectivity index (χ2v) is 5.97. The van der Waals surface area contributed by atoms with Crippen LogP contribution < -0.4 is 5.32 Å². The molecule has 4 nitrogen and oxygen atoms in total. The lowest BCUT2D eigenvalue weighted by Crippen LogP contribution is -2.27. The summed E-state index contributed by atoms with van der Waals surface area (Å²) in [5.74, 6) is 2.06. The number of H-pyrrole nitrogens is 1. The number of rotatable bonds is 4. The van der Waals surface area contributed by atoms with E-state index >= 15 is 0 Å². The van der Waals surface area contributed by atoms with Crippen LogP contribution in [-0.4, -0.2) is 22.6 Å². The molecule has 0 aliphatic heterocycles. The third-order valence-corrected chi connectivity index (χ3v) is 4.77. The van der Waals surface area contributed by atoms with Crippen molar-refractivity contribution in [3.8, 4) is 0 Å². The Morgan fingerprint density at radius 2 is 2.37 bits per heavy atom. The van der Waals surface area contributed by atoms with Gasteiger partial charge in [0.2, 0.25) is 0 Å². The van der Waals surface area contributed by atoms with Gasteiger partial charge in [-0.1, -0.05) is 23.8 Å². The van der Waals surface area contributed by atoms with E-state index in [1.807, 2.05) is 0 Å².